The molecule has 0 atom stereocenters. The molecule has 1 fully saturated rings. The summed E-state index contributed by atoms with van der Waals surface area (Å²) in [4.78, 5) is 0. The van der Waals surface area contributed by atoms with Gasteiger partial charge in [-0.2, -0.15) is 0 Å². The molecule has 0 aromatic heterocycles. The van der Waals surface area contributed by atoms with Crippen molar-refractivity contribution in [3.8, 4) is 0 Å². The van der Waals surface area contributed by atoms with Crippen molar-refractivity contribution in [1.29, 1.82) is 0 Å². The van der Waals surface area contributed by atoms with Crippen LogP contribution in [0.25, 0.3) is 6.08 Å². The van der Waals surface area contributed by atoms with Crippen LogP contribution < -0.4 is 0 Å². The Morgan fingerprint density at radius 1 is 0.792 bits per heavy atom. The van der Waals surface area contributed by atoms with Crippen LogP contribution in [-0.4, -0.2) is 0 Å². The maximum Gasteiger partial charge on any atom is -0.0254 e. The Morgan fingerprint density at radius 3 is 2.17 bits per heavy atom. The third-order valence-electron chi connectivity index (χ3n) is 4.81. The van der Waals surface area contributed by atoms with Crippen molar-refractivity contribution in [3.63, 3.8) is 0 Å². The lowest BCUT2D eigenvalue weighted by atomic mass is 9.91. The van der Waals surface area contributed by atoms with Crippen LogP contribution in [0, 0.1) is 0 Å². The zero-order valence-corrected chi connectivity index (χ0v) is 14.6. The van der Waals surface area contributed by atoms with Gasteiger partial charge in [0.05, 0.1) is 0 Å². The maximum absolute atomic E-state index is 2.50. The van der Waals surface area contributed by atoms with Crippen LogP contribution in [0.5, 0.6) is 0 Å². The molecule has 0 spiro atoms. The van der Waals surface area contributed by atoms with Gasteiger partial charge in [0, 0.05) is 0 Å². The first kappa shape index (κ1) is 16.8. The normalized spacial score (nSPS) is 15.3. The quantitative estimate of drug-likeness (QED) is 0.539. The van der Waals surface area contributed by atoms with Crippen LogP contribution in [0.15, 0.2) is 77.9 Å². The Balaban J connectivity index is 1.68. The molecule has 1 aliphatic rings. The molecular weight excluding hydrogens is 288 g/mol. The smallest absolute Gasteiger partial charge is 0.0254 e. The van der Waals surface area contributed by atoms with E-state index in [1.54, 1.807) is 5.57 Å². The third-order valence-corrected chi connectivity index (χ3v) is 4.81. The predicted molar refractivity (Wildman–Crippen MR) is 105 cm³/mol. The topological polar surface area (TPSA) is 0 Å². The number of benzene rings is 2. The molecule has 0 N–H and O–H groups in total. The van der Waals surface area contributed by atoms with E-state index in [0.717, 1.165) is 12.8 Å². The van der Waals surface area contributed by atoms with Gasteiger partial charge in [-0.3, -0.25) is 0 Å². The number of rotatable bonds is 6. The fourth-order valence-corrected chi connectivity index (χ4v) is 3.50. The first-order chi connectivity index (χ1) is 11.9. The van der Waals surface area contributed by atoms with Crippen molar-refractivity contribution >= 4 is 6.08 Å². The van der Waals surface area contributed by atoms with E-state index in [0.29, 0.717) is 0 Å². The van der Waals surface area contributed by atoms with Gasteiger partial charge in [0.25, 0.3) is 0 Å². The van der Waals surface area contributed by atoms with E-state index in [9.17, 15) is 0 Å². The highest BCUT2D eigenvalue weighted by atomic mass is 14.1. The molecule has 0 radical (unpaired) electrons. The number of allylic oxidation sites excluding steroid dienone is 3. The Bertz CT molecular complexity index is 654. The summed E-state index contributed by atoms with van der Waals surface area (Å²) >= 11 is 0. The summed E-state index contributed by atoms with van der Waals surface area (Å²) in [5, 5.41) is 0. The molecule has 1 saturated carbocycles. The summed E-state index contributed by atoms with van der Waals surface area (Å²) in [7, 11) is 0. The third kappa shape index (κ3) is 5.53. The molecule has 0 unspecified atom stereocenters. The van der Waals surface area contributed by atoms with Gasteiger partial charge in [0.2, 0.25) is 0 Å². The Hall–Kier alpha value is -2.08. The van der Waals surface area contributed by atoms with Crippen LogP contribution in [-0.2, 0) is 6.42 Å². The van der Waals surface area contributed by atoms with E-state index in [4.69, 9.17) is 0 Å². The number of hydrogen-bond donors (Lipinski definition) is 0. The zero-order valence-electron chi connectivity index (χ0n) is 14.6. The average Bonchev–Trinajstić information content (AvgIpc) is 2.64. The van der Waals surface area contributed by atoms with Gasteiger partial charge in [-0.1, -0.05) is 84.8 Å². The van der Waals surface area contributed by atoms with Crippen LogP contribution in [0.3, 0.4) is 0 Å². The molecule has 124 valence electrons. The van der Waals surface area contributed by atoms with Gasteiger partial charge in [-0.25, -0.2) is 0 Å². The van der Waals surface area contributed by atoms with Crippen molar-refractivity contribution in [2.75, 3.05) is 0 Å². The summed E-state index contributed by atoms with van der Waals surface area (Å²) in [5.41, 5.74) is 5.92. The van der Waals surface area contributed by atoms with Crippen LogP contribution >= 0.6 is 0 Å². The van der Waals surface area contributed by atoms with E-state index < -0.39 is 0 Å². The first-order valence-corrected chi connectivity index (χ1v) is 9.39. The SMILES string of the molecule is C(=C1CCCCC1)/C(=C/c1ccccc1)CCCc1ccccc1. The van der Waals surface area contributed by atoms with Crippen molar-refractivity contribution < 1.29 is 0 Å². The van der Waals surface area contributed by atoms with E-state index >= 15 is 0 Å². The molecule has 0 nitrogen and oxygen atoms in total. The largest absolute Gasteiger partial charge is 0.0699 e. The molecular formula is C24H28. The second kappa shape index (κ2) is 9.27. The van der Waals surface area contributed by atoms with Crippen LogP contribution in [0.4, 0.5) is 0 Å². The second-order valence-corrected chi connectivity index (χ2v) is 6.83. The molecule has 0 heterocycles. The van der Waals surface area contributed by atoms with Gasteiger partial charge < -0.3 is 0 Å². The minimum absolute atomic E-state index is 1.16. The fraction of sp³-hybridized carbons (Fsp3) is 0.333. The second-order valence-electron chi connectivity index (χ2n) is 6.83. The molecule has 0 heteroatoms. The summed E-state index contributed by atoms with van der Waals surface area (Å²) in [6.45, 7) is 0. The molecule has 0 saturated heterocycles. The molecule has 2 aromatic carbocycles. The number of hydrogen-bond acceptors (Lipinski definition) is 0. The molecule has 0 bridgehead atoms. The Morgan fingerprint density at radius 2 is 1.46 bits per heavy atom. The summed E-state index contributed by atoms with van der Waals surface area (Å²) in [6.07, 6.45) is 15.2. The van der Waals surface area contributed by atoms with Gasteiger partial charge >= 0.3 is 0 Å². The van der Waals surface area contributed by atoms with E-state index in [1.165, 1.54) is 55.2 Å². The predicted octanol–water partition coefficient (Wildman–Crippen LogP) is 6.98. The highest BCUT2D eigenvalue weighted by Crippen LogP contribution is 2.26. The molecule has 2 aromatic rings. The van der Waals surface area contributed by atoms with Gasteiger partial charge in [0.1, 0.15) is 0 Å². The molecule has 24 heavy (non-hydrogen) atoms. The minimum atomic E-state index is 1.16. The monoisotopic (exact) mass is 316 g/mol. The Kier molecular flexibility index (Phi) is 6.48. The van der Waals surface area contributed by atoms with Crippen LogP contribution in [0.1, 0.15) is 56.1 Å². The minimum Gasteiger partial charge on any atom is -0.0699 e. The van der Waals surface area contributed by atoms with Gasteiger partial charge in [-0.15, -0.1) is 0 Å². The van der Waals surface area contributed by atoms with Crippen molar-refractivity contribution in [2.45, 2.75) is 51.4 Å². The highest BCUT2D eigenvalue weighted by Gasteiger charge is 2.06. The zero-order chi connectivity index (χ0) is 16.5. The van der Waals surface area contributed by atoms with E-state index in [2.05, 4.69) is 72.8 Å². The maximum atomic E-state index is 2.50. The lowest BCUT2D eigenvalue weighted by Crippen LogP contribution is -1.95. The summed E-state index contributed by atoms with van der Waals surface area (Å²) in [5.74, 6) is 0. The molecule has 3 rings (SSSR count). The lowest BCUT2D eigenvalue weighted by Gasteiger charge is -2.15. The number of aryl methyl sites for hydroxylation is 1. The first-order valence-electron chi connectivity index (χ1n) is 9.39. The van der Waals surface area contributed by atoms with Crippen LogP contribution in [0.2, 0.25) is 0 Å². The van der Waals surface area contributed by atoms with E-state index in [-0.39, 0.29) is 0 Å². The van der Waals surface area contributed by atoms with Gasteiger partial charge in [0.15, 0.2) is 0 Å². The Labute approximate surface area is 146 Å². The average molecular weight is 316 g/mol. The summed E-state index contributed by atoms with van der Waals surface area (Å²) in [6, 6.07) is 21.6. The summed E-state index contributed by atoms with van der Waals surface area (Å²) < 4.78 is 0. The highest BCUT2D eigenvalue weighted by molar-refractivity contribution is 5.56. The van der Waals surface area contributed by atoms with Crippen molar-refractivity contribution in [1.82, 2.24) is 0 Å². The lowest BCUT2D eigenvalue weighted by molar-refractivity contribution is 0.598. The molecule has 0 aliphatic heterocycles. The molecule has 1 aliphatic carbocycles. The van der Waals surface area contributed by atoms with E-state index in [1.807, 2.05) is 0 Å². The standard InChI is InChI=1S/C24H28/c1-4-11-21(12-5-1)17-10-18-24(19-22-13-6-2-7-14-22)20-23-15-8-3-9-16-23/h1-2,4-7,11-14,19-20H,3,8-10,15-18H2/b24-19+. The van der Waals surface area contributed by atoms with Gasteiger partial charge in [-0.05, 0) is 61.6 Å². The molecule has 0 amide bonds. The van der Waals surface area contributed by atoms with Crippen molar-refractivity contribution in [2.24, 2.45) is 0 Å². The fourth-order valence-electron chi connectivity index (χ4n) is 3.50. The van der Waals surface area contributed by atoms with Crippen molar-refractivity contribution in [3.05, 3.63) is 89.0 Å².